The number of hydrogen-bond donors (Lipinski definition) is 1. The third-order valence-corrected chi connectivity index (χ3v) is 2.84. The van der Waals surface area contributed by atoms with E-state index in [-0.39, 0.29) is 6.42 Å². The molecule has 0 aliphatic heterocycles. The van der Waals surface area contributed by atoms with Crippen molar-refractivity contribution in [1.82, 2.24) is 0 Å². The second-order valence-electron chi connectivity index (χ2n) is 2.97. The van der Waals surface area contributed by atoms with Gasteiger partial charge in [0, 0.05) is 16.5 Å². The molecule has 0 bridgehead atoms. The number of halogens is 2. The summed E-state index contributed by atoms with van der Waals surface area (Å²) in [5.41, 5.74) is 1.24. The summed E-state index contributed by atoms with van der Waals surface area (Å²) in [6.45, 7) is 0. The molecule has 1 aromatic carbocycles. The van der Waals surface area contributed by atoms with Gasteiger partial charge in [0.15, 0.2) is 0 Å². The van der Waals surface area contributed by atoms with Gasteiger partial charge < -0.3 is 5.11 Å². The fraction of sp³-hybridized carbons (Fsp3) is 0.200. The first-order chi connectivity index (χ1) is 7.00. The SMILES string of the molecule is O=C(O)CCc1ccc(C(=O)Cl)cc1Br. The molecule has 0 amide bonds. The van der Waals surface area contributed by atoms with Crippen molar-refractivity contribution < 1.29 is 14.7 Å². The molecule has 3 nitrogen and oxygen atoms in total. The Labute approximate surface area is 100 Å². The van der Waals surface area contributed by atoms with E-state index in [9.17, 15) is 9.59 Å². The maximum atomic E-state index is 10.8. The molecule has 0 aromatic heterocycles. The summed E-state index contributed by atoms with van der Waals surface area (Å²) in [4.78, 5) is 21.2. The average molecular weight is 292 g/mol. The van der Waals surface area contributed by atoms with Gasteiger partial charge in [0.25, 0.3) is 5.24 Å². The summed E-state index contributed by atoms with van der Waals surface area (Å²) >= 11 is 8.56. The minimum Gasteiger partial charge on any atom is -0.481 e. The largest absolute Gasteiger partial charge is 0.481 e. The Bertz CT molecular complexity index is 404. The zero-order chi connectivity index (χ0) is 11.4. The molecule has 0 atom stereocenters. The lowest BCUT2D eigenvalue weighted by atomic mass is 10.1. The highest BCUT2D eigenvalue weighted by Crippen LogP contribution is 2.21. The zero-order valence-corrected chi connectivity index (χ0v) is 10.0. The van der Waals surface area contributed by atoms with E-state index in [2.05, 4.69) is 15.9 Å². The van der Waals surface area contributed by atoms with Crippen molar-refractivity contribution >= 4 is 38.7 Å². The molecule has 1 rings (SSSR count). The Morgan fingerprint density at radius 3 is 2.53 bits per heavy atom. The topological polar surface area (TPSA) is 54.4 Å². The molecule has 5 heteroatoms. The molecule has 0 spiro atoms. The summed E-state index contributed by atoms with van der Waals surface area (Å²) in [6, 6.07) is 4.87. The summed E-state index contributed by atoms with van der Waals surface area (Å²) in [5.74, 6) is -0.848. The molecule has 15 heavy (non-hydrogen) atoms. The standard InChI is InChI=1S/C10H8BrClO3/c11-8-5-7(10(12)15)2-1-6(8)3-4-9(13)14/h1-2,5H,3-4H2,(H,13,14). The number of rotatable bonds is 4. The number of carboxylic acid groups (broad SMARTS) is 1. The van der Waals surface area contributed by atoms with Gasteiger partial charge >= 0.3 is 5.97 Å². The normalized spacial score (nSPS) is 10.0. The number of hydrogen-bond acceptors (Lipinski definition) is 2. The zero-order valence-electron chi connectivity index (χ0n) is 7.67. The molecule has 1 N–H and O–H groups in total. The highest BCUT2D eigenvalue weighted by molar-refractivity contribution is 9.10. The third-order valence-electron chi connectivity index (χ3n) is 1.89. The lowest BCUT2D eigenvalue weighted by Crippen LogP contribution is -1.99. The van der Waals surface area contributed by atoms with Crippen molar-refractivity contribution in [3.63, 3.8) is 0 Å². The Hall–Kier alpha value is -0.870. The van der Waals surface area contributed by atoms with Gasteiger partial charge in [-0.3, -0.25) is 9.59 Å². The molecule has 0 aliphatic carbocycles. The van der Waals surface area contributed by atoms with Crippen LogP contribution in [0.15, 0.2) is 22.7 Å². The molecule has 80 valence electrons. The number of aryl methyl sites for hydroxylation is 1. The van der Waals surface area contributed by atoms with E-state index in [1.54, 1.807) is 18.2 Å². The van der Waals surface area contributed by atoms with Crippen LogP contribution in [0.5, 0.6) is 0 Å². The first-order valence-electron chi connectivity index (χ1n) is 4.20. The minimum absolute atomic E-state index is 0.0623. The van der Waals surface area contributed by atoms with E-state index in [1.165, 1.54) is 0 Å². The second-order valence-corrected chi connectivity index (χ2v) is 4.17. The van der Waals surface area contributed by atoms with Crippen LogP contribution in [0.1, 0.15) is 22.3 Å². The van der Waals surface area contributed by atoms with E-state index >= 15 is 0 Å². The Morgan fingerprint density at radius 2 is 2.07 bits per heavy atom. The number of carboxylic acids is 1. The molecule has 0 unspecified atom stereocenters. The van der Waals surface area contributed by atoms with Crippen molar-refractivity contribution in [2.24, 2.45) is 0 Å². The lowest BCUT2D eigenvalue weighted by Gasteiger charge is -2.03. The number of benzene rings is 1. The van der Waals surface area contributed by atoms with E-state index in [0.717, 1.165) is 5.56 Å². The van der Waals surface area contributed by atoms with Crippen molar-refractivity contribution in [2.75, 3.05) is 0 Å². The van der Waals surface area contributed by atoms with Gasteiger partial charge in [0.2, 0.25) is 0 Å². The van der Waals surface area contributed by atoms with Gasteiger partial charge in [-0.2, -0.15) is 0 Å². The van der Waals surface area contributed by atoms with Crippen LogP contribution in [-0.2, 0) is 11.2 Å². The lowest BCUT2D eigenvalue weighted by molar-refractivity contribution is -0.136. The minimum atomic E-state index is -0.848. The van der Waals surface area contributed by atoms with Gasteiger partial charge in [-0.05, 0) is 35.7 Å². The Kier molecular flexibility index (Phi) is 4.29. The highest BCUT2D eigenvalue weighted by Gasteiger charge is 2.07. The summed E-state index contributed by atoms with van der Waals surface area (Å²) in [6.07, 6.45) is 0.486. The van der Waals surface area contributed by atoms with Crippen LogP contribution in [0, 0.1) is 0 Å². The number of aliphatic carboxylic acids is 1. The molecule has 0 saturated heterocycles. The van der Waals surface area contributed by atoms with Crippen LogP contribution in [0.2, 0.25) is 0 Å². The summed E-state index contributed by atoms with van der Waals surface area (Å²) in [7, 11) is 0. The van der Waals surface area contributed by atoms with Crippen LogP contribution in [-0.4, -0.2) is 16.3 Å². The first kappa shape index (κ1) is 12.2. The van der Waals surface area contributed by atoms with Crippen molar-refractivity contribution in [2.45, 2.75) is 12.8 Å². The Morgan fingerprint density at radius 1 is 1.40 bits per heavy atom. The van der Waals surface area contributed by atoms with Crippen molar-refractivity contribution in [3.05, 3.63) is 33.8 Å². The fourth-order valence-electron chi connectivity index (χ4n) is 1.11. The van der Waals surface area contributed by atoms with Crippen LogP contribution >= 0.6 is 27.5 Å². The number of carbonyl (C=O) groups is 2. The average Bonchev–Trinajstić information content (AvgIpc) is 2.15. The highest BCUT2D eigenvalue weighted by atomic mass is 79.9. The van der Waals surface area contributed by atoms with Gasteiger partial charge in [0.1, 0.15) is 0 Å². The predicted octanol–water partition coefficient (Wildman–Crippen LogP) is 2.85. The quantitative estimate of drug-likeness (QED) is 0.868. The van der Waals surface area contributed by atoms with E-state index in [1.807, 2.05) is 0 Å². The molecule has 0 fully saturated rings. The van der Waals surface area contributed by atoms with Crippen LogP contribution < -0.4 is 0 Å². The molecule has 0 heterocycles. The van der Waals surface area contributed by atoms with Crippen LogP contribution in [0.4, 0.5) is 0 Å². The van der Waals surface area contributed by atoms with Crippen molar-refractivity contribution in [3.8, 4) is 0 Å². The molecule has 0 saturated carbocycles. The maximum absolute atomic E-state index is 10.8. The van der Waals surface area contributed by atoms with E-state index in [4.69, 9.17) is 16.7 Å². The third kappa shape index (κ3) is 3.64. The monoisotopic (exact) mass is 290 g/mol. The predicted molar refractivity (Wildman–Crippen MR) is 60.3 cm³/mol. The molecular weight excluding hydrogens is 283 g/mol. The number of carbonyl (C=O) groups excluding carboxylic acids is 1. The van der Waals surface area contributed by atoms with Gasteiger partial charge in [-0.1, -0.05) is 22.0 Å². The van der Waals surface area contributed by atoms with Crippen molar-refractivity contribution in [1.29, 1.82) is 0 Å². The first-order valence-corrected chi connectivity index (χ1v) is 5.38. The van der Waals surface area contributed by atoms with E-state index < -0.39 is 11.2 Å². The van der Waals surface area contributed by atoms with Gasteiger partial charge in [-0.15, -0.1) is 0 Å². The smallest absolute Gasteiger partial charge is 0.303 e. The van der Waals surface area contributed by atoms with Gasteiger partial charge in [0.05, 0.1) is 0 Å². The van der Waals surface area contributed by atoms with Gasteiger partial charge in [-0.25, -0.2) is 0 Å². The summed E-state index contributed by atoms with van der Waals surface area (Å²) in [5, 5.41) is 7.99. The van der Waals surface area contributed by atoms with Crippen LogP contribution in [0.3, 0.4) is 0 Å². The van der Waals surface area contributed by atoms with Crippen LogP contribution in [0.25, 0.3) is 0 Å². The second kappa shape index (κ2) is 5.28. The fourth-order valence-corrected chi connectivity index (χ4v) is 1.81. The molecule has 0 aliphatic rings. The molecular formula is C10H8BrClO3. The maximum Gasteiger partial charge on any atom is 0.303 e. The Balaban J connectivity index is 2.83. The molecule has 0 radical (unpaired) electrons. The van der Waals surface area contributed by atoms with E-state index in [0.29, 0.717) is 16.5 Å². The molecule has 1 aromatic rings. The summed E-state index contributed by atoms with van der Waals surface area (Å²) < 4.78 is 0.704.